The molecule has 7 nitrogen and oxygen atoms in total. The van der Waals surface area contributed by atoms with Gasteiger partial charge in [-0.2, -0.15) is 0 Å². The van der Waals surface area contributed by atoms with E-state index in [0.29, 0.717) is 28.5 Å². The van der Waals surface area contributed by atoms with Crippen LogP contribution < -0.4 is 19.7 Å². The first kappa shape index (κ1) is 23.5. The van der Waals surface area contributed by atoms with Crippen molar-refractivity contribution >= 4 is 23.1 Å². The predicted octanol–water partition coefficient (Wildman–Crippen LogP) is 4.85. The molecule has 0 saturated heterocycles. The number of carbonyl (C=O) groups excluding carboxylic acids is 1. The summed E-state index contributed by atoms with van der Waals surface area (Å²) < 4.78 is 26.0. The zero-order valence-electron chi connectivity index (χ0n) is 19.6. The fourth-order valence-electron chi connectivity index (χ4n) is 3.84. The SMILES string of the molecule is Cc1cccnc1N1c2cccc(C(=O)Nc3ccc(OC(C)(C)C)c(F)c3)c2OC[C@@H]1CO. The molecule has 34 heavy (non-hydrogen) atoms. The molecule has 1 amide bonds. The van der Waals surface area contributed by atoms with Gasteiger partial charge in [-0.25, -0.2) is 9.37 Å². The second-order valence-electron chi connectivity index (χ2n) is 9.13. The molecule has 0 radical (unpaired) electrons. The number of ether oxygens (including phenoxy) is 2. The number of pyridine rings is 1. The molecular formula is C26H28FN3O4. The summed E-state index contributed by atoms with van der Waals surface area (Å²) in [5.41, 5.74) is 1.60. The van der Waals surface area contributed by atoms with Crippen LogP contribution in [-0.4, -0.2) is 40.9 Å². The zero-order valence-corrected chi connectivity index (χ0v) is 19.6. The monoisotopic (exact) mass is 465 g/mol. The van der Waals surface area contributed by atoms with Crippen LogP contribution in [0.5, 0.6) is 11.5 Å². The Morgan fingerprint density at radius 1 is 1.26 bits per heavy atom. The number of rotatable bonds is 5. The maximum Gasteiger partial charge on any atom is 0.259 e. The number of benzene rings is 2. The van der Waals surface area contributed by atoms with Crippen molar-refractivity contribution in [1.29, 1.82) is 0 Å². The normalized spacial score (nSPS) is 15.4. The fraction of sp³-hybridized carbons (Fsp3) is 0.308. The molecule has 2 N–H and O–H groups in total. The first-order valence-electron chi connectivity index (χ1n) is 11.1. The molecule has 0 fully saturated rings. The lowest BCUT2D eigenvalue weighted by molar-refractivity contribution is 0.102. The van der Waals surface area contributed by atoms with Crippen LogP contribution in [-0.2, 0) is 0 Å². The van der Waals surface area contributed by atoms with Gasteiger partial charge in [0.1, 0.15) is 18.0 Å². The van der Waals surface area contributed by atoms with Crippen LogP contribution >= 0.6 is 0 Å². The van der Waals surface area contributed by atoms with Crippen LogP contribution in [0.15, 0.2) is 54.7 Å². The highest BCUT2D eigenvalue weighted by atomic mass is 19.1. The maximum atomic E-state index is 14.5. The highest BCUT2D eigenvalue weighted by molar-refractivity contribution is 6.07. The van der Waals surface area contributed by atoms with E-state index in [9.17, 15) is 14.3 Å². The van der Waals surface area contributed by atoms with Gasteiger partial charge in [-0.3, -0.25) is 4.79 Å². The third-order valence-electron chi connectivity index (χ3n) is 5.31. The molecule has 0 saturated carbocycles. The minimum absolute atomic E-state index is 0.113. The summed E-state index contributed by atoms with van der Waals surface area (Å²) in [4.78, 5) is 19.5. The van der Waals surface area contributed by atoms with Crippen molar-refractivity contribution in [2.45, 2.75) is 39.3 Å². The van der Waals surface area contributed by atoms with Gasteiger partial charge >= 0.3 is 0 Å². The van der Waals surface area contributed by atoms with Crippen molar-refractivity contribution in [2.24, 2.45) is 0 Å². The van der Waals surface area contributed by atoms with E-state index in [2.05, 4.69) is 10.3 Å². The Balaban J connectivity index is 1.65. The largest absolute Gasteiger partial charge is 0.488 e. The van der Waals surface area contributed by atoms with Crippen LogP contribution in [0.4, 0.5) is 21.6 Å². The minimum Gasteiger partial charge on any atom is -0.488 e. The number of anilines is 3. The van der Waals surface area contributed by atoms with Crippen molar-refractivity contribution < 1.29 is 23.8 Å². The molecule has 2 heterocycles. The maximum absolute atomic E-state index is 14.5. The van der Waals surface area contributed by atoms with E-state index in [1.165, 1.54) is 12.1 Å². The van der Waals surface area contributed by atoms with Crippen LogP contribution in [0.1, 0.15) is 36.7 Å². The van der Waals surface area contributed by atoms with Gasteiger partial charge in [0.15, 0.2) is 17.3 Å². The Hall–Kier alpha value is -3.65. The highest BCUT2D eigenvalue weighted by Crippen LogP contribution is 2.41. The molecule has 2 aromatic carbocycles. The third kappa shape index (κ3) is 4.82. The van der Waals surface area contributed by atoms with Gasteiger partial charge in [0.25, 0.3) is 5.91 Å². The van der Waals surface area contributed by atoms with Crippen LogP contribution in [0.3, 0.4) is 0 Å². The fourth-order valence-corrected chi connectivity index (χ4v) is 3.84. The summed E-state index contributed by atoms with van der Waals surface area (Å²) in [6, 6.07) is 12.9. The number of amides is 1. The van der Waals surface area contributed by atoms with Crippen molar-refractivity contribution in [2.75, 3.05) is 23.4 Å². The molecule has 0 bridgehead atoms. The summed E-state index contributed by atoms with van der Waals surface area (Å²) in [6.07, 6.45) is 1.68. The first-order chi connectivity index (χ1) is 16.2. The number of aliphatic hydroxyl groups excluding tert-OH is 1. The van der Waals surface area contributed by atoms with Crippen LogP contribution in [0, 0.1) is 12.7 Å². The lowest BCUT2D eigenvalue weighted by Crippen LogP contribution is -2.43. The van der Waals surface area contributed by atoms with E-state index in [0.717, 1.165) is 5.56 Å². The molecule has 1 aliphatic rings. The Kier molecular flexibility index (Phi) is 6.43. The van der Waals surface area contributed by atoms with Gasteiger partial charge in [0, 0.05) is 18.0 Å². The number of halogens is 1. The van der Waals surface area contributed by atoms with E-state index in [1.54, 1.807) is 24.4 Å². The topological polar surface area (TPSA) is 83.9 Å². The predicted molar refractivity (Wildman–Crippen MR) is 129 cm³/mol. The number of hydrogen-bond acceptors (Lipinski definition) is 6. The van der Waals surface area contributed by atoms with E-state index < -0.39 is 17.3 Å². The number of carbonyl (C=O) groups is 1. The van der Waals surface area contributed by atoms with E-state index in [4.69, 9.17) is 9.47 Å². The highest BCUT2D eigenvalue weighted by Gasteiger charge is 2.32. The second-order valence-corrected chi connectivity index (χ2v) is 9.13. The smallest absolute Gasteiger partial charge is 0.259 e. The molecule has 1 atom stereocenters. The number of aliphatic hydroxyl groups is 1. The molecule has 0 spiro atoms. The van der Waals surface area contributed by atoms with E-state index >= 15 is 0 Å². The molecule has 3 aromatic rings. The van der Waals surface area contributed by atoms with Gasteiger partial charge in [-0.1, -0.05) is 12.1 Å². The number of para-hydroxylation sites is 1. The summed E-state index contributed by atoms with van der Waals surface area (Å²) in [5.74, 6) is 0.160. The van der Waals surface area contributed by atoms with E-state index in [-0.39, 0.29) is 25.0 Å². The Morgan fingerprint density at radius 2 is 2.06 bits per heavy atom. The molecule has 178 valence electrons. The van der Waals surface area contributed by atoms with Crippen molar-refractivity contribution in [3.8, 4) is 11.5 Å². The summed E-state index contributed by atoms with van der Waals surface area (Å²) >= 11 is 0. The number of fused-ring (bicyclic) bond motifs is 1. The molecule has 1 aromatic heterocycles. The molecule has 0 unspecified atom stereocenters. The van der Waals surface area contributed by atoms with Crippen LogP contribution in [0.2, 0.25) is 0 Å². The Labute approximate surface area is 198 Å². The average Bonchev–Trinajstić information content (AvgIpc) is 2.79. The van der Waals surface area contributed by atoms with Gasteiger partial charge in [-0.15, -0.1) is 0 Å². The number of aryl methyl sites for hydroxylation is 1. The standard InChI is InChI=1S/C26H28FN3O4/c1-16-7-6-12-28-24(16)30-18(14-31)15-33-23-19(8-5-9-21(23)30)25(32)29-17-10-11-22(20(27)13-17)34-26(2,3)4/h5-13,18,31H,14-15H2,1-4H3,(H,29,32)/t18-/m0/s1. The second kappa shape index (κ2) is 9.30. The quantitative estimate of drug-likeness (QED) is 0.561. The Morgan fingerprint density at radius 3 is 2.74 bits per heavy atom. The lowest BCUT2D eigenvalue weighted by atomic mass is 10.1. The number of nitrogens with one attached hydrogen (secondary N) is 1. The van der Waals surface area contributed by atoms with E-state index in [1.807, 2.05) is 50.8 Å². The molecule has 4 rings (SSSR count). The van der Waals surface area contributed by atoms with Crippen molar-refractivity contribution in [3.05, 3.63) is 71.7 Å². The van der Waals surface area contributed by atoms with Gasteiger partial charge in [0.05, 0.1) is 23.9 Å². The van der Waals surface area contributed by atoms with Gasteiger partial charge < -0.3 is 24.8 Å². The number of nitrogens with zero attached hydrogens (tertiary/aromatic N) is 2. The minimum atomic E-state index is -0.568. The zero-order chi connectivity index (χ0) is 24.5. The summed E-state index contributed by atoms with van der Waals surface area (Å²) in [7, 11) is 0. The molecule has 1 aliphatic heterocycles. The van der Waals surface area contributed by atoms with Crippen molar-refractivity contribution in [1.82, 2.24) is 4.98 Å². The number of hydrogen-bond donors (Lipinski definition) is 2. The number of aromatic nitrogens is 1. The summed E-state index contributed by atoms with van der Waals surface area (Å²) in [6.45, 7) is 7.46. The third-order valence-corrected chi connectivity index (χ3v) is 5.31. The molecule has 0 aliphatic carbocycles. The molecular weight excluding hydrogens is 437 g/mol. The van der Waals surface area contributed by atoms with Crippen molar-refractivity contribution in [3.63, 3.8) is 0 Å². The van der Waals surface area contributed by atoms with Gasteiger partial charge in [0.2, 0.25) is 0 Å². The van der Waals surface area contributed by atoms with Gasteiger partial charge in [-0.05, 0) is 63.6 Å². The molecule has 8 heteroatoms. The first-order valence-corrected chi connectivity index (χ1v) is 11.1. The average molecular weight is 466 g/mol. The Bertz CT molecular complexity index is 1210. The van der Waals surface area contributed by atoms with Crippen LogP contribution in [0.25, 0.3) is 0 Å². The summed E-state index contributed by atoms with van der Waals surface area (Å²) in [5, 5.41) is 12.7. The lowest BCUT2D eigenvalue weighted by Gasteiger charge is -2.38.